The van der Waals surface area contributed by atoms with E-state index in [2.05, 4.69) is 15.9 Å². The van der Waals surface area contributed by atoms with Crippen LogP contribution >= 0.6 is 28.1 Å². The first-order valence-corrected chi connectivity index (χ1v) is 6.91. The highest BCUT2D eigenvalue weighted by molar-refractivity contribution is 9.10. The van der Waals surface area contributed by atoms with Gasteiger partial charge in [-0.15, -0.1) is 0 Å². The summed E-state index contributed by atoms with van der Waals surface area (Å²) in [6.07, 6.45) is 1.60. The Hall–Kier alpha value is -0.680. The second-order valence-electron chi connectivity index (χ2n) is 4.77. The molecule has 2 N–H and O–H groups in total. The van der Waals surface area contributed by atoms with E-state index < -0.39 is 0 Å². The first-order chi connectivity index (χ1) is 8.33. The highest BCUT2D eigenvalue weighted by Gasteiger charge is 2.20. The van der Waals surface area contributed by atoms with E-state index in [1.54, 1.807) is 12.1 Å². The molecule has 1 aromatic rings. The van der Waals surface area contributed by atoms with Gasteiger partial charge in [0.15, 0.2) is 11.6 Å². The van der Waals surface area contributed by atoms with Crippen LogP contribution in [0.25, 0.3) is 0 Å². The smallest absolute Gasteiger partial charge is 0.166 e. The summed E-state index contributed by atoms with van der Waals surface area (Å²) in [4.78, 5) is 0.498. The predicted octanol–water partition coefficient (Wildman–Crippen LogP) is 4.06. The van der Waals surface area contributed by atoms with Crippen molar-refractivity contribution in [2.24, 2.45) is 11.1 Å². The van der Waals surface area contributed by atoms with Crippen molar-refractivity contribution in [2.75, 3.05) is 6.61 Å². The van der Waals surface area contributed by atoms with E-state index in [1.165, 1.54) is 6.07 Å². The van der Waals surface area contributed by atoms with Crippen molar-refractivity contribution in [3.05, 3.63) is 28.5 Å². The molecule has 5 heteroatoms. The van der Waals surface area contributed by atoms with Gasteiger partial charge in [0.05, 0.1) is 11.6 Å². The molecule has 100 valence electrons. The summed E-state index contributed by atoms with van der Waals surface area (Å²) in [5.41, 5.74) is 5.45. The molecule has 1 aromatic carbocycles. The lowest BCUT2D eigenvalue weighted by Crippen LogP contribution is -2.30. The number of thiocarbonyl (C=S) groups is 1. The van der Waals surface area contributed by atoms with Crippen molar-refractivity contribution in [1.29, 1.82) is 0 Å². The third kappa shape index (κ3) is 4.53. The van der Waals surface area contributed by atoms with Gasteiger partial charge in [0.2, 0.25) is 0 Å². The zero-order valence-corrected chi connectivity index (χ0v) is 12.9. The zero-order valence-electron chi connectivity index (χ0n) is 10.5. The second kappa shape index (κ2) is 6.48. The quantitative estimate of drug-likeness (QED) is 0.629. The summed E-state index contributed by atoms with van der Waals surface area (Å²) in [6.45, 7) is 4.44. The minimum Gasteiger partial charge on any atom is -0.491 e. The van der Waals surface area contributed by atoms with E-state index in [0.29, 0.717) is 16.1 Å². The van der Waals surface area contributed by atoms with Crippen LogP contribution < -0.4 is 10.5 Å². The van der Waals surface area contributed by atoms with Crippen molar-refractivity contribution >= 4 is 33.1 Å². The number of nitrogens with two attached hydrogens (primary N) is 1. The second-order valence-corrected chi connectivity index (χ2v) is 6.13. The molecule has 0 amide bonds. The standard InChI is InChI=1S/C13H17BrFNOS/c1-13(2,12(16)18)6-3-7-17-11-5-4-9(14)8-10(11)15/h4-5,8H,3,6-7H2,1-2H3,(H2,16,18). The molecule has 0 aliphatic carbocycles. The van der Waals surface area contributed by atoms with Crippen molar-refractivity contribution in [3.8, 4) is 5.75 Å². The maximum Gasteiger partial charge on any atom is 0.166 e. The van der Waals surface area contributed by atoms with Crippen LogP contribution in [0.2, 0.25) is 0 Å². The van der Waals surface area contributed by atoms with E-state index >= 15 is 0 Å². The topological polar surface area (TPSA) is 35.2 Å². The van der Waals surface area contributed by atoms with Crippen LogP contribution in [0.15, 0.2) is 22.7 Å². The van der Waals surface area contributed by atoms with Crippen molar-refractivity contribution in [2.45, 2.75) is 26.7 Å². The molecule has 0 aliphatic heterocycles. The number of rotatable bonds is 6. The summed E-state index contributed by atoms with van der Waals surface area (Å²) in [6, 6.07) is 4.74. The number of ether oxygens (including phenoxy) is 1. The van der Waals surface area contributed by atoms with Crippen LogP contribution in [0, 0.1) is 11.2 Å². The largest absolute Gasteiger partial charge is 0.491 e. The SMILES string of the molecule is CC(C)(CCCOc1ccc(Br)cc1F)C(N)=S. The van der Waals surface area contributed by atoms with Crippen molar-refractivity contribution in [3.63, 3.8) is 0 Å². The van der Waals surface area contributed by atoms with Gasteiger partial charge in [-0.2, -0.15) is 0 Å². The fourth-order valence-corrected chi connectivity index (χ4v) is 1.85. The highest BCUT2D eigenvalue weighted by atomic mass is 79.9. The Labute approximate surface area is 121 Å². The van der Waals surface area contributed by atoms with Crippen LogP contribution in [0.3, 0.4) is 0 Å². The van der Waals surface area contributed by atoms with Crippen molar-refractivity contribution < 1.29 is 9.13 Å². The Kier molecular flexibility index (Phi) is 5.53. The summed E-state index contributed by atoms with van der Waals surface area (Å²) >= 11 is 8.18. The lowest BCUT2D eigenvalue weighted by Gasteiger charge is -2.22. The Morgan fingerprint density at radius 1 is 1.50 bits per heavy atom. The van der Waals surface area contributed by atoms with Crippen LogP contribution in [0.5, 0.6) is 5.75 Å². The predicted molar refractivity (Wildman–Crippen MR) is 79.4 cm³/mol. The lowest BCUT2D eigenvalue weighted by molar-refractivity contribution is 0.276. The molecule has 1 rings (SSSR count). The summed E-state index contributed by atoms with van der Waals surface area (Å²) in [7, 11) is 0. The summed E-state index contributed by atoms with van der Waals surface area (Å²) < 4.78 is 19.5. The van der Waals surface area contributed by atoms with Gasteiger partial charge in [-0.05, 0) is 31.0 Å². The molecule has 0 fully saturated rings. The Morgan fingerprint density at radius 2 is 2.17 bits per heavy atom. The van der Waals surface area contributed by atoms with Gasteiger partial charge < -0.3 is 10.5 Å². The van der Waals surface area contributed by atoms with E-state index in [9.17, 15) is 4.39 Å². The van der Waals surface area contributed by atoms with Gasteiger partial charge in [-0.3, -0.25) is 0 Å². The van der Waals surface area contributed by atoms with Gasteiger partial charge >= 0.3 is 0 Å². The van der Waals surface area contributed by atoms with Gasteiger partial charge in [-0.25, -0.2) is 4.39 Å². The third-order valence-electron chi connectivity index (χ3n) is 2.76. The van der Waals surface area contributed by atoms with E-state index in [-0.39, 0.29) is 17.0 Å². The number of hydrogen-bond acceptors (Lipinski definition) is 2. The molecule has 0 bridgehead atoms. The lowest BCUT2D eigenvalue weighted by atomic mass is 9.88. The molecule has 0 unspecified atom stereocenters. The maximum atomic E-state index is 13.4. The molecule has 2 nitrogen and oxygen atoms in total. The molecule has 18 heavy (non-hydrogen) atoms. The Balaban J connectivity index is 2.41. The van der Waals surface area contributed by atoms with E-state index in [1.807, 2.05) is 13.8 Å². The van der Waals surface area contributed by atoms with Gasteiger partial charge in [-0.1, -0.05) is 42.0 Å². The molecular formula is C13H17BrFNOS. The normalized spacial score (nSPS) is 11.3. The number of benzene rings is 1. The first-order valence-electron chi connectivity index (χ1n) is 5.71. The Bertz CT molecular complexity index is 437. The van der Waals surface area contributed by atoms with E-state index in [0.717, 1.165) is 12.8 Å². The fourth-order valence-electron chi connectivity index (χ4n) is 1.41. The molecule has 0 saturated carbocycles. The van der Waals surface area contributed by atoms with Crippen LogP contribution in [-0.4, -0.2) is 11.6 Å². The first kappa shape index (κ1) is 15.4. The molecule has 0 aliphatic rings. The van der Waals surface area contributed by atoms with Crippen LogP contribution in [0.1, 0.15) is 26.7 Å². The molecule has 0 radical (unpaired) electrons. The highest BCUT2D eigenvalue weighted by Crippen LogP contribution is 2.24. The molecular weight excluding hydrogens is 317 g/mol. The van der Waals surface area contributed by atoms with Gasteiger partial charge in [0, 0.05) is 9.89 Å². The van der Waals surface area contributed by atoms with Crippen LogP contribution in [0.4, 0.5) is 4.39 Å². The van der Waals surface area contributed by atoms with E-state index in [4.69, 9.17) is 22.7 Å². The number of halogens is 2. The zero-order chi connectivity index (χ0) is 13.8. The molecule has 0 atom stereocenters. The fraction of sp³-hybridized carbons (Fsp3) is 0.462. The average molecular weight is 334 g/mol. The van der Waals surface area contributed by atoms with Crippen molar-refractivity contribution in [1.82, 2.24) is 0 Å². The minimum atomic E-state index is -0.363. The number of hydrogen-bond donors (Lipinski definition) is 1. The Morgan fingerprint density at radius 3 is 2.72 bits per heavy atom. The molecule has 0 heterocycles. The van der Waals surface area contributed by atoms with Gasteiger partial charge in [0.1, 0.15) is 0 Å². The molecule has 0 aromatic heterocycles. The van der Waals surface area contributed by atoms with Crippen LogP contribution in [-0.2, 0) is 0 Å². The minimum absolute atomic E-state index is 0.184. The van der Waals surface area contributed by atoms with Gasteiger partial charge in [0.25, 0.3) is 0 Å². The average Bonchev–Trinajstić information content (AvgIpc) is 2.26. The molecule has 0 saturated heterocycles. The summed E-state index contributed by atoms with van der Waals surface area (Å²) in [5.74, 6) is -0.0932. The summed E-state index contributed by atoms with van der Waals surface area (Å²) in [5, 5.41) is 0. The molecule has 0 spiro atoms. The monoisotopic (exact) mass is 333 g/mol. The maximum absolute atomic E-state index is 13.4. The third-order valence-corrected chi connectivity index (χ3v) is 3.81.